The van der Waals surface area contributed by atoms with E-state index in [9.17, 15) is 9.59 Å². The first-order valence-corrected chi connectivity index (χ1v) is 10.8. The van der Waals surface area contributed by atoms with Crippen LogP contribution in [0.5, 0.6) is 0 Å². The zero-order chi connectivity index (χ0) is 21.0. The number of aromatic nitrogens is 2. The summed E-state index contributed by atoms with van der Waals surface area (Å²) in [6.07, 6.45) is 1.06. The molecule has 0 aliphatic carbocycles. The van der Waals surface area contributed by atoms with Crippen molar-refractivity contribution in [1.82, 2.24) is 19.8 Å². The minimum Gasteiger partial charge on any atom is -0.351 e. The molecule has 1 aromatic carbocycles. The number of nitrogens with zero attached hydrogens (tertiary/aromatic N) is 3. The van der Waals surface area contributed by atoms with Crippen LogP contribution in [0.1, 0.15) is 41.2 Å². The van der Waals surface area contributed by atoms with Gasteiger partial charge in [-0.15, -0.1) is 11.3 Å². The predicted molar refractivity (Wildman–Crippen MR) is 119 cm³/mol. The van der Waals surface area contributed by atoms with Crippen molar-refractivity contribution in [1.29, 1.82) is 0 Å². The second kappa shape index (κ2) is 9.33. The summed E-state index contributed by atoms with van der Waals surface area (Å²) < 4.78 is 1.56. The molecule has 2 aromatic heterocycles. The normalized spacial score (nSPS) is 12.4. The van der Waals surface area contributed by atoms with Crippen molar-refractivity contribution in [3.63, 3.8) is 0 Å². The van der Waals surface area contributed by atoms with E-state index in [1.165, 1.54) is 4.88 Å². The SMILES string of the molecule is CC[C@@H](C)N(CCNC(=O)c1ccc2c(c1)nc(C)c(=O)n2C)Cc1cccs1. The lowest BCUT2D eigenvalue weighted by Gasteiger charge is -2.28. The number of hydrogen-bond acceptors (Lipinski definition) is 5. The molecule has 7 heteroatoms. The van der Waals surface area contributed by atoms with Gasteiger partial charge >= 0.3 is 0 Å². The van der Waals surface area contributed by atoms with Crippen molar-refractivity contribution < 1.29 is 4.79 Å². The Morgan fingerprint density at radius 3 is 2.83 bits per heavy atom. The highest BCUT2D eigenvalue weighted by Crippen LogP contribution is 2.15. The molecule has 0 bridgehead atoms. The number of carbonyl (C=O) groups excluding carboxylic acids is 1. The van der Waals surface area contributed by atoms with Gasteiger partial charge in [0.25, 0.3) is 11.5 Å². The number of fused-ring (bicyclic) bond motifs is 1. The molecule has 0 radical (unpaired) electrons. The van der Waals surface area contributed by atoms with Crippen molar-refractivity contribution in [3.8, 4) is 0 Å². The third-order valence-corrected chi connectivity index (χ3v) is 6.20. The monoisotopic (exact) mass is 412 g/mol. The zero-order valence-electron chi connectivity index (χ0n) is 17.4. The van der Waals surface area contributed by atoms with Gasteiger partial charge in [-0.1, -0.05) is 13.0 Å². The molecule has 6 nitrogen and oxygen atoms in total. The second-order valence-corrected chi connectivity index (χ2v) is 8.36. The lowest BCUT2D eigenvalue weighted by atomic mass is 10.1. The van der Waals surface area contributed by atoms with Crippen LogP contribution in [0.4, 0.5) is 0 Å². The third-order valence-electron chi connectivity index (χ3n) is 5.34. The van der Waals surface area contributed by atoms with Crippen LogP contribution in [0.15, 0.2) is 40.5 Å². The Kier molecular flexibility index (Phi) is 6.82. The summed E-state index contributed by atoms with van der Waals surface area (Å²) in [4.78, 5) is 32.7. The van der Waals surface area contributed by atoms with Gasteiger partial charge in [-0.2, -0.15) is 0 Å². The number of amides is 1. The van der Waals surface area contributed by atoms with Gasteiger partial charge in [-0.3, -0.25) is 14.5 Å². The first-order valence-electron chi connectivity index (χ1n) is 9.92. The molecule has 0 aliphatic rings. The van der Waals surface area contributed by atoms with Crippen molar-refractivity contribution in [2.75, 3.05) is 13.1 Å². The highest BCUT2D eigenvalue weighted by molar-refractivity contribution is 7.09. The van der Waals surface area contributed by atoms with Crippen molar-refractivity contribution in [3.05, 3.63) is 62.2 Å². The van der Waals surface area contributed by atoms with E-state index in [0.717, 1.165) is 25.0 Å². The third kappa shape index (κ3) is 4.92. The molecule has 154 valence electrons. The number of carbonyl (C=O) groups is 1. The molecule has 0 spiro atoms. The van der Waals surface area contributed by atoms with Gasteiger partial charge in [0.2, 0.25) is 0 Å². The van der Waals surface area contributed by atoms with E-state index >= 15 is 0 Å². The molecule has 2 heterocycles. The Balaban J connectivity index is 1.66. The Morgan fingerprint density at radius 1 is 1.34 bits per heavy atom. The molecule has 3 aromatic rings. The van der Waals surface area contributed by atoms with Gasteiger partial charge in [0, 0.05) is 43.2 Å². The van der Waals surface area contributed by atoms with Crippen molar-refractivity contribution >= 4 is 28.3 Å². The Bertz CT molecular complexity index is 1040. The summed E-state index contributed by atoms with van der Waals surface area (Å²) in [6, 6.07) is 9.93. The maximum absolute atomic E-state index is 12.6. The Hall–Kier alpha value is -2.51. The lowest BCUT2D eigenvalue weighted by Crippen LogP contribution is -2.39. The largest absolute Gasteiger partial charge is 0.351 e. The van der Waals surface area contributed by atoms with Crippen LogP contribution in [-0.4, -0.2) is 39.5 Å². The maximum Gasteiger partial charge on any atom is 0.272 e. The number of aryl methyl sites for hydroxylation is 2. The molecule has 0 fully saturated rings. The van der Waals surface area contributed by atoms with E-state index in [2.05, 4.69) is 46.6 Å². The second-order valence-electron chi connectivity index (χ2n) is 7.33. The fourth-order valence-corrected chi connectivity index (χ4v) is 4.08. The van der Waals surface area contributed by atoms with Crippen molar-refractivity contribution in [2.45, 2.75) is 39.8 Å². The van der Waals surface area contributed by atoms with Crippen LogP contribution >= 0.6 is 11.3 Å². The lowest BCUT2D eigenvalue weighted by molar-refractivity contribution is 0.0943. The number of rotatable bonds is 8. The van der Waals surface area contributed by atoms with Crippen LogP contribution in [0.2, 0.25) is 0 Å². The highest BCUT2D eigenvalue weighted by atomic mass is 32.1. The molecule has 1 amide bonds. The van der Waals surface area contributed by atoms with Crippen LogP contribution in [0.3, 0.4) is 0 Å². The molecule has 0 saturated carbocycles. The first-order chi connectivity index (χ1) is 13.9. The standard InChI is InChI=1S/C22H28N4O2S/c1-5-15(2)26(14-18-7-6-12-29-18)11-10-23-21(27)17-8-9-20-19(13-17)24-16(3)22(28)25(20)4/h6-9,12-13,15H,5,10-11,14H2,1-4H3,(H,23,27)/t15-/m1/s1. The summed E-state index contributed by atoms with van der Waals surface area (Å²) in [5.74, 6) is -0.125. The summed E-state index contributed by atoms with van der Waals surface area (Å²) in [5, 5.41) is 5.11. The average Bonchev–Trinajstić information content (AvgIpc) is 3.23. The number of benzene rings is 1. The minimum absolute atomic E-state index is 0.120. The van der Waals surface area contributed by atoms with Crippen molar-refractivity contribution in [2.24, 2.45) is 7.05 Å². The Labute approximate surface area is 175 Å². The highest BCUT2D eigenvalue weighted by Gasteiger charge is 2.14. The summed E-state index contributed by atoms with van der Waals surface area (Å²) in [5.41, 5.74) is 2.23. The summed E-state index contributed by atoms with van der Waals surface area (Å²) in [7, 11) is 1.72. The van der Waals surface area contributed by atoms with Crippen LogP contribution in [0, 0.1) is 6.92 Å². The van der Waals surface area contributed by atoms with Gasteiger partial charge in [0.1, 0.15) is 5.69 Å². The number of thiophene rings is 1. The van der Waals surface area contributed by atoms with E-state index in [0.29, 0.717) is 29.4 Å². The maximum atomic E-state index is 12.6. The van der Waals surface area contributed by atoms with Gasteiger partial charge in [-0.25, -0.2) is 4.98 Å². The number of hydrogen-bond donors (Lipinski definition) is 1. The fourth-order valence-electron chi connectivity index (χ4n) is 3.35. The quantitative estimate of drug-likeness (QED) is 0.616. The van der Waals surface area contributed by atoms with Crippen LogP contribution in [-0.2, 0) is 13.6 Å². The van der Waals surface area contributed by atoms with E-state index in [1.807, 2.05) is 0 Å². The van der Waals surface area contributed by atoms with Gasteiger partial charge in [0.15, 0.2) is 0 Å². The van der Waals surface area contributed by atoms with Gasteiger partial charge in [0.05, 0.1) is 11.0 Å². The minimum atomic E-state index is -0.125. The molecule has 3 rings (SSSR count). The molecule has 0 saturated heterocycles. The van der Waals surface area contributed by atoms with Crippen LogP contribution < -0.4 is 10.9 Å². The predicted octanol–water partition coefficient (Wildman–Crippen LogP) is 3.33. The van der Waals surface area contributed by atoms with Gasteiger partial charge in [-0.05, 0) is 49.9 Å². The van der Waals surface area contributed by atoms with E-state index in [-0.39, 0.29) is 11.5 Å². The smallest absolute Gasteiger partial charge is 0.272 e. The van der Waals surface area contributed by atoms with Crippen LogP contribution in [0.25, 0.3) is 11.0 Å². The molecule has 0 unspecified atom stereocenters. The summed E-state index contributed by atoms with van der Waals surface area (Å²) in [6.45, 7) is 8.35. The molecule has 1 N–H and O–H groups in total. The molecule has 0 aliphatic heterocycles. The topological polar surface area (TPSA) is 67.2 Å². The van der Waals surface area contributed by atoms with E-state index in [1.54, 1.807) is 48.1 Å². The molecule has 29 heavy (non-hydrogen) atoms. The van der Waals surface area contributed by atoms with Gasteiger partial charge < -0.3 is 9.88 Å². The molecular formula is C22H28N4O2S. The zero-order valence-corrected chi connectivity index (χ0v) is 18.3. The number of nitrogens with one attached hydrogen (secondary N) is 1. The van der Waals surface area contributed by atoms with E-state index in [4.69, 9.17) is 0 Å². The molecule has 1 atom stereocenters. The molecular weight excluding hydrogens is 384 g/mol. The Morgan fingerprint density at radius 2 is 2.14 bits per heavy atom. The average molecular weight is 413 g/mol. The van der Waals surface area contributed by atoms with E-state index < -0.39 is 0 Å². The fraction of sp³-hybridized carbons (Fsp3) is 0.409. The summed E-state index contributed by atoms with van der Waals surface area (Å²) >= 11 is 1.76. The first kappa shape index (κ1) is 21.2.